The molecule has 20 heavy (non-hydrogen) atoms. The van der Waals surface area contributed by atoms with Crippen molar-refractivity contribution >= 4 is 12.2 Å². The van der Waals surface area contributed by atoms with Crippen molar-refractivity contribution in [2.75, 3.05) is 26.3 Å². The molecule has 0 heterocycles. The number of ether oxygens (including phenoxy) is 1. The monoisotopic (exact) mass is 282 g/mol. The molecule has 0 aromatic carbocycles. The van der Waals surface area contributed by atoms with E-state index >= 15 is 0 Å². The number of carbonyl (C=O) groups is 1. The molecular weight excluding hydrogens is 260 g/mol. The van der Waals surface area contributed by atoms with Gasteiger partial charge in [0.05, 0.1) is 13.2 Å². The predicted molar refractivity (Wildman–Crippen MR) is 80.2 cm³/mol. The fourth-order valence-corrected chi connectivity index (χ4v) is 0.443. The summed E-state index contributed by atoms with van der Waals surface area (Å²) < 4.78 is 4.58. The molecule has 0 radical (unpaired) electrons. The van der Waals surface area contributed by atoms with Crippen LogP contribution in [0.4, 0.5) is 4.79 Å². The SMILES string of the molecule is C=CCN=C=O.C=CCNC(=O)OCC=C.C=CCO. The van der Waals surface area contributed by atoms with Gasteiger partial charge < -0.3 is 15.2 Å². The summed E-state index contributed by atoms with van der Waals surface area (Å²) in [5.41, 5.74) is 0. The van der Waals surface area contributed by atoms with E-state index in [1.54, 1.807) is 6.08 Å². The normalized spacial score (nSPS) is 7.05. The molecule has 0 saturated carbocycles. The van der Waals surface area contributed by atoms with Crippen LogP contribution in [-0.2, 0) is 9.53 Å². The molecule has 0 aliphatic rings. The van der Waals surface area contributed by atoms with Gasteiger partial charge in [0.25, 0.3) is 0 Å². The van der Waals surface area contributed by atoms with Gasteiger partial charge in [-0.3, -0.25) is 0 Å². The third kappa shape index (κ3) is 36.1. The van der Waals surface area contributed by atoms with Crippen molar-refractivity contribution in [1.29, 1.82) is 0 Å². The average molecular weight is 282 g/mol. The van der Waals surface area contributed by atoms with Crippen molar-refractivity contribution in [3.05, 3.63) is 50.6 Å². The highest BCUT2D eigenvalue weighted by molar-refractivity contribution is 5.67. The highest BCUT2D eigenvalue weighted by atomic mass is 16.5. The minimum atomic E-state index is -0.445. The summed E-state index contributed by atoms with van der Waals surface area (Å²) in [5.74, 6) is 0. The van der Waals surface area contributed by atoms with Gasteiger partial charge in [-0.1, -0.05) is 30.9 Å². The maximum atomic E-state index is 10.5. The second kappa shape index (κ2) is 25.4. The fraction of sp³-hybridized carbons (Fsp3) is 0.286. The van der Waals surface area contributed by atoms with Crippen LogP contribution in [0, 0.1) is 0 Å². The zero-order chi connectivity index (χ0) is 16.1. The molecule has 1 amide bonds. The van der Waals surface area contributed by atoms with Crippen molar-refractivity contribution in [2.45, 2.75) is 0 Å². The van der Waals surface area contributed by atoms with Gasteiger partial charge >= 0.3 is 6.09 Å². The summed E-state index contributed by atoms with van der Waals surface area (Å²) in [6, 6.07) is 0. The lowest BCUT2D eigenvalue weighted by Crippen LogP contribution is -2.24. The Morgan fingerprint density at radius 1 is 1.20 bits per heavy atom. The number of aliphatic imine (C=N–C) groups is 1. The molecule has 0 aromatic heterocycles. The second-order valence-electron chi connectivity index (χ2n) is 2.75. The Labute approximate surface area is 119 Å². The van der Waals surface area contributed by atoms with Crippen LogP contribution in [0.3, 0.4) is 0 Å². The Morgan fingerprint density at radius 2 is 1.80 bits per heavy atom. The minimum absolute atomic E-state index is 0.0833. The van der Waals surface area contributed by atoms with E-state index in [-0.39, 0.29) is 13.2 Å². The Kier molecular flexibility index (Phi) is 28.9. The van der Waals surface area contributed by atoms with E-state index in [0.717, 1.165) is 0 Å². The molecule has 6 nitrogen and oxygen atoms in total. The molecule has 0 rings (SSSR count). The molecule has 0 saturated heterocycles. The van der Waals surface area contributed by atoms with Crippen LogP contribution in [0.5, 0.6) is 0 Å². The molecule has 0 atom stereocenters. The van der Waals surface area contributed by atoms with Crippen LogP contribution >= 0.6 is 0 Å². The molecule has 0 aliphatic carbocycles. The minimum Gasteiger partial charge on any atom is -0.445 e. The van der Waals surface area contributed by atoms with Gasteiger partial charge in [0.2, 0.25) is 6.08 Å². The van der Waals surface area contributed by atoms with Gasteiger partial charge in [0.1, 0.15) is 6.61 Å². The number of alkyl carbamates (subject to hydrolysis) is 1. The quantitative estimate of drug-likeness (QED) is 0.423. The highest BCUT2D eigenvalue weighted by Crippen LogP contribution is 1.76. The lowest BCUT2D eigenvalue weighted by Gasteiger charge is -2.00. The summed E-state index contributed by atoms with van der Waals surface area (Å²) in [7, 11) is 0. The molecule has 6 heteroatoms. The van der Waals surface area contributed by atoms with Crippen molar-refractivity contribution in [3.63, 3.8) is 0 Å². The van der Waals surface area contributed by atoms with E-state index in [1.165, 1.54) is 24.3 Å². The number of hydrogen-bond donors (Lipinski definition) is 2. The van der Waals surface area contributed by atoms with Gasteiger partial charge in [0.15, 0.2) is 0 Å². The van der Waals surface area contributed by atoms with Crippen molar-refractivity contribution in [1.82, 2.24) is 5.32 Å². The molecular formula is C14H22N2O4. The molecule has 0 unspecified atom stereocenters. The number of carbonyl (C=O) groups excluding carboxylic acids is 2. The van der Waals surface area contributed by atoms with Gasteiger partial charge in [-0.15, -0.1) is 19.7 Å². The first-order chi connectivity index (χ1) is 9.64. The maximum Gasteiger partial charge on any atom is 0.407 e. The number of aliphatic hydroxyl groups excluding tert-OH is 1. The Morgan fingerprint density at radius 3 is 2.10 bits per heavy atom. The van der Waals surface area contributed by atoms with Crippen LogP contribution in [0.1, 0.15) is 0 Å². The molecule has 0 aliphatic heterocycles. The summed E-state index contributed by atoms with van der Waals surface area (Å²) in [6.07, 6.45) is 6.98. The average Bonchev–Trinajstić information content (AvgIpc) is 2.49. The van der Waals surface area contributed by atoms with Crippen LogP contribution in [0.25, 0.3) is 0 Å². The number of amides is 1. The molecule has 0 aromatic rings. The zero-order valence-corrected chi connectivity index (χ0v) is 11.6. The third-order valence-corrected chi connectivity index (χ3v) is 1.14. The van der Waals surface area contributed by atoms with E-state index in [1.807, 2.05) is 0 Å². The molecule has 0 bridgehead atoms. The van der Waals surface area contributed by atoms with Crippen LogP contribution in [0.15, 0.2) is 55.6 Å². The first-order valence-corrected chi connectivity index (χ1v) is 5.63. The van der Waals surface area contributed by atoms with Crippen LogP contribution in [0.2, 0.25) is 0 Å². The largest absolute Gasteiger partial charge is 0.445 e. The van der Waals surface area contributed by atoms with Crippen molar-refractivity contribution in [2.24, 2.45) is 4.99 Å². The smallest absolute Gasteiger partial charge is 0.407 e. The van der Waals surface area contributed by atoms with Gasteiger partial charge in [-0.2, -0.15) is 0 Å². The van der Waals surface area contributed by atoms with Gasteiger partial charge in [-0.25, -0.2) is 14.6 Å². The van der Waals surface area contributed by atoms with E-state index in [4.69, 9.17) is 5.11 Å². The van der Waals surface area contributed by atoms with E-state index in [0.29, 0.717) is 13.1 Å². The van der Waals surface area contributed by atoms with Crippen molar-refractivity contribution < 1.29 is 19.4 Å². The topological polar surface area (TPSA) is 88.0 Å². The Bertz CT molecular complexity index is 307. The Hall–Kier alpha value is -2.43. The number of hydrogen-bond acceptors (Lipinski definition) is 5. The van der Waals surface area contributed by atoms with Crippen LogP contribution in [-0.4, -0.2) is 43.6 Å². The fourth-order valence-electron chi connectivity index (χ4n) is 0.443. The first-order valence-electron chi connectivity index (χ1n) is 5.63. The van der Waals surface area contributed by atoms with E-state index in [2.05, 4.69) is 41.4 Å². The van der Waals surface area contributed by atoms with E-state index < -0.39 is 6.09 Å². The van der Waals surface area contributed by atoms with Gasteiger partial charge in [-0.05, 0) is 0 Å². The standard InChI is InChI=1S/C7H11NO2.C4H5NO.C3H6O/c1-3-5-8-7(9)10-6-4-2;1-2-3-5-4-6;1-2-3-4/h3-4H,1-2,5-6H2,(H,8,9);2H,1,3H2;2,4H,1,3H2. The number of rotatable bonds is 7. The lowest BCUT2D eigenvalue weighted by molar-refractivity contribution is 0.159. The lowest BCUT2D eigenvalue weighted by atomic mass is 10.6. The highest BCUT2D eigenvalue weighted by Gasteiger charge is 1.94. The zero-order valence-electron chi connectivity index (χ0n) is 11.6. The molecule has 2 N–H and O–H groups in total. The third-order valence-electron chi connectivity index (χ3n) is 1.14. The summed E-state index contributed by atoms with van der Waals surface area (Å²) in [5, 5.41) is 10.2. The summed E-state index contributed by atoms with van der Waals surface area (Å²) in [6.45, 7) is 14.5. The number of isocyanates is 1. The molecule has 0 fully saturated rings. The predicted octanol–water partition coefficient (Wildman–Crippen LogP) is 1.76. The Balaban J connectivity index is -0.000000246. The molecule has 0 spiro atoms. The maximum absolute atomic E-state index is 10.5. The summed E-state index contributed by atoms with van der Waals surface area (Å²) >= 11 is 0. The number of nitrogens with zero attached hydrogens (tertiary/aromatic N) is 1. The summed E-state index contributed by atoms with van der Waals surface area (Å²) in [4.78, 5) is 22.9. The second-order valence-corrected chi connectivity index (χ2v) is 2.75. The molecule has 112 valence electrons. The van der Waals surface area contributed by atoms with Gasteiger partial charge in [0, 0.05) is 6.54 Å². The number of aliphatic hydroxyl groups is 1. The van der Waals surface area contributed by atoms with Crippen molar-refractivity contribution in [3.8, 4) is 0 Å². The van der Waals surface area contributed by atoms with Crippen LogP contribution < -0.4 is 5.32 Å². The first kappa shape index (κ1) is 22.7. The number of nitrogens with one attached hydrogen (secondary N) is 1. The van der Waals surface area contributed by atoms with E-state index in [9.17, 15) is 9.59 Å².